The van der Waals surface area contributed by atoms with Crippen molar-refractivity contribution in [2.75, 3.05) is 11.9 Å². The number of aromatic nitrogens is 4. The van der Waals surface area contributed by atoms with Crippen molar-refractivity contribution >= 4 is 16.9 Å². The molecule has 9 heteroatoms. The molecular weight excluding hydrogens is 347 g/mol. The molecule has 2 heterocycles. The SMILES string of the molecule is Cc1ccc(CNc2nc(C)nc3c2cnn3C)c(OCC(F)(F)F)c1. The van der Waals surface area contributed by atoms with Gasteiger partial charge in [0.15, 0.2) is 12.3 Å². The van der Waals surface area contributed by atoms with Crippen LogP contribution >= 0.6 is 0 Å². The second kappa shape index (κ2) is 6.81. The number of ether oxygens (including phenoxy) is 1. The van der Waals surface area contributed by atoms with E-state index in [1.54, 1.807) is 43.9 Å². The Bertz CT molecular complexity index is 936. The van der Waals surface area contributed by atoms with Crippen LogP contribution in [-0.4, -0.2) is 32.5 Å². The molecule has 138 valence electrons. The molecule has 0 aliphatic carbocycles. The van der Waals surface area contributed by atoms with E-state index in [0.717, 1.165) is 10.9 Å². The summed E-state index contributed by atoms with van der Waals surface area (Å²) in [5.41, 5.74) is 2.10. The molecule has 6 nitrogen and oxygen atoms in total. The van der Waals surface area contributed by atoms with Gasteiger partial charge in [-0.3, -0.25) is 4.68 Å². The Morgan fingerprint density at radius 2 is 1.96 bits per heavy atom. The number of benzene rings is 1. The Kier molecular flexibility index (Phi) is 4.71. The monoisotopic (exact) mass is 365 g/mol. The van der Waals surface area contributed by atoms with Gasteiger partial charge < -0.3 is 10.1 Å². The normalized spacial score (nSPS) is 11.8. The standard InChI is InChI=1S/C17H18F3N5O/c1-10-4-5-12(14(6-10)26-9-17(18,19)20)7-21-15-13-8-22-25(3)16(13)24-11(2)23-15/h4-6,8H,7,9H2,1-3H3,(H,21,23,24). The van der Waals surface area contributed by atoms with E-state index < -0.39 is 12.8 Å². The molecule has 0 unspecified atom stereocenters. The molecule has 0 bridgehead atoms. The molecule has 3 aromatic rings. The van der Waals surface area contributed by atoms with Crippen molar-refractivity contribution in [2.45, 2.75) is 26.6 Å². The van der Waals surface area contributed by atoms with Gasteiger partial charge in [-0.15, -0.1) is 0 Å². The third-order valence-electron chi connectivity index (χ3n) is 3.76. The largest absolute Gasteiger partial charge is 0.484 e. The highest BCUT2D eigenvalue weighted by molar-refractivity contribution is 5.86. The van der Waals surface area contributed by atoms with Crippen LogP contribution < -0.4 is 10.1 Å². The Morgan fingerprint density at radius 3 is 2.69 bits per heavy atom. The van der Waals surface area contributed by atoms with Crippen LogP contribution in [0.5, 0.6) is 5.75 Å². The minimum absolute atomic E-state index is 0.197. The van der Waals surface area contributed by atoms with Crippen LogP contribution in [0, 0.1) is 13.8 Å². The van der Waals surface area contributed by atoms with Crippen LogP contribution in [0.2, 0.25) is 0 Å². The predicted molar refractivity (Wildman–Crippen MR) is 91.1 cm³/mol. The molecule has 0 aliphatic rings. The molecule has 2 aromatic heterocycles. The number of halogens is 3. The smallest absolute Gasteiger partial charge is 0.422 e. The number of aryl methyl sites for hydroxylation is 3. The molecule has 26 heavy (non-hydrogen) atoms. The first-order valence-electron chi connectivity index (χ1n) is 7.92. The fourth-order valence-electron chi connectivity index (χ4n) is 2.55. The highest BCUT2D eigenvalue weighted by Gasteiger charge is 2.28. The van der Waals surface area contributed by atoms with Crippen molar-refractivity contribution in [1.29, 1.82) is 0 Å². The zero-order chi connectivity index (χ0) is 18.9. The summed E-state index contributed by atoms with van der Waals surface area (Å²) in [5, 5.41) is 8.05. The Labute approximate surface area is 148 Å². The van der Waals surface area contributed by atoms with Crippen LogP contribution in [0.25, 0.3) is 11.0 Å². The Balaban J connectivity index is 1.84. The molecule has 0 atom stereocenters. The maximum Gasteiger partial charge on any atom is 0.422 e. The molecule has 0 fully saturated rings. The molecule has 1 aromatic carbocycles. The summed E-state index contributed by atoms with van der Waals surface area (Å²) in [5.74, 6) is 1.34. The number of rotatable bonds is 5. The number of anilines is 1. The van der Waals surface area contributed by atoms with E-state index in [4.69, 9.17) is 4.74 Å². The summed E-state index contributed by atoms with van der Waals surface area (Å²) < 4.78 is 44.0. The number of hydrogen-bond acceptors (Lipinski definition) is 5. The highest BCUT2D eigenvalue weighted by Crippen LogP contribution is 2.26. The van der Waals surface area contributed by atoms with Gasteiger partial charge in [-0.05, 0) is 25.5 Å². The van der Waals surface area contributed by atoms with Gasteiger partial charge in [-0.25, -0.2) is 9.97 Å². The van der Waals surface area contributed by atoms with Crippen molar-refractivity contribution < 1.29 is 17.9 Å². The van der Waals surface area contributed by atoms with Gasteiger partial charge in [0.1, 0.15) is 17.4 Å². The van der Waals surface area contributed by atoms with Gasteiger partial charge >= 0.3 is 6.18 Å². The number of fused-ring (bicyclic) bond motifs is 1. The average molecular weight is 365 g/mol. The van der Waals surface area contributed by atoms with Crippen molar-refractivity contribution in [3.05, 3.63) is 41.3 Å². The van der Waals surface area contributed by atoms with Gasteiger partial charge in [0.25, 0.3) is 0 Å². The van der Waals surface area contributed by atoms with Gasteiger partial charge in [0.2, 0.25) is 0 Å². The van der Waals surface area contributed by atoms with E-state index in [-0.39, 0.29) is 12.3 Å². The number of nitrogens with one attached hydrogen (secondary N) is 1. The maximum absolute atomic E-state index is 12.5. The summed E-state index contributed by atoms with van der Waals surface area (Å²) in [6.07, 6.45) is -2.74. The third-order valence-corrected chi connectivity index (χ3v) is 3.76. The van der Waals surface area contributed by atoms with Crippen LogP contribution in [-0.2, 0) is 13.6 Å². The highest BCUT2D eigenvalue weighted by atomic mass is 19.4. The van der Waals surface area contributed by atoms with Crippen LogP contribution in [0.4, 0.5) is 19.0 Å². The van der Waals surface area contributed by atoms with E-state index >= 15 is 0 Å². The molecule has 0 spiro atoms. The lowest BCUT2D eigenvalue weighted by molar-refractivity contribution is -0.153. The van der Waals surface area contributed by atoms with Crippen LogP contribution in [0.1, 0.15) is 17.0 Å². The number of alkyl halides is 3. The average Bonchev–Trinajstić information content (AvgIpc) is 2.92. The summed E-state index contributed by atoms with van der Waals surface area (Å²) in [6.45, 7) is 2.49. The lowest BCUT2D eigenvalue weighted by atomic mass is 10.1. The third kappa shape index (κ3) is 4.04. The second-order valence-electron chi connectivity index (χ2n) is 5.99. The summed E-state index contributed by atoms with van der Waals surface area (Å²) in [7, 11) is 1.78. The van der Waals surface area contributed by atoms with Crippen LogP contribution in [0.3, 0.4) is 0 Å². The van der Waals surface area contributed by atoms with Crippen molar-refractivity contribution in [1.82, 2.24) is 19.7 Å². The molecule has 0 saturated heterocycles. The van der Waals surface area contributed by atoms with Crippen LogP contribution in [0.15, 0.2) is 24.4 Å². The van der Waals surface area contributed by atoms with Crippen molar-refractivity contribution in [3.63, 3.8) is 0 Å². The first-order valence-corrected chi connectivity index (χ1v) is 7.92. The minimum atomic E-state index is -4.39. The first kappa shape index (κ1) is 18.0. The Hall–Kier alpha value is -2.84. The van der Waals surface area contributed by atoms with Gasteiger partial charge in [-0.1, -0.05) is 12.1 Å². The van der Waals surface area contributed by atoms with E-state index in [1.165, 1.54) is 0 Å². The number of nitrogens with zero attached hydrogens (tertiary/aromatic N) is 4. The Morgan fingerprint density at radius 1 is 1.19 bits per heavy atom. The topological polar surface area (TPSA) is 64.9 Å². The lowest BCUT2D eigenvalue weighted by Gasteiger charge is -2.15. The van der Waals surface area contributed by atoms with E-state index in [1.807, 2.05) is 6.07 Å². The zero-order valence-corrected chi connectivity index (χ0v) is 14.6. The first-order chi connectivity index (χ1) is 12.2. The van der Waals surface area contributed by atoms with E-state index in [9.17, 15) is 13.2 Å². The fraction of sp³-hybridized carbons (Fsp3) is 0.353. The molecule has 0 saturated carbocycles. The zero-order valence-electron chi connectivity index (χ0n) is 14.6. The molecule has 3 rings (SSSR count). The second-order valence-corrected chi connectivity index (χ2v) is 5.99. The van der Waals surface area contributed by atoms with E-state index in [2.05, 4.69) is 20.4 Å². The maximum atomic E-state index is 12.5. The molecule has 0 aliphatic heterocycles. The minimum Gasteiger partial charge on any atom is -0.484 e. The quantitative estimate of drug-likeness (QED) is 0.749. The molecule has 1 N–H and O–H groups in total. The fourth-order valence-corrected chi connectivity index (χ4v) is 2.55. The van der Waals surface area contributed by atoms with Gasteiger partial charge in [0.05, 0.1) is 11.6 Å². The van der Waals surface area contributed by atoms with Crippen molar-refractivity contribution in [2.24, 2.45) is 7.05 Å². The number of hydrogen-bond donors (Lipinski definition) is 1. The van der Waals surface area contributed by atoms with Crippen molar-refractivity contribution in [3.8, 4) is 5.75 Å². The van der Waals surface area contributed by atoms with Gasteiger partial charge in [-0.2, -0.15) is 18.3 Å². The van der Waals surface area contributed by atoms with E-state index in [0.29, 0.717) is 22.9 Å². The lowest BCUT2D eigenvalue weighted by Crippen LogP contribution is -2.20. The predicted octanol–water partition coefficient (Wildman–Crippen LogP) is 3.53. The molecular formula is C17H18F3N5O. The molecule has 0 radical (unpaired) electrons. The molecule has 0 amide bonds. The van der Waals surface area contributed by atoms with Gasteiger partial charge in [0, 0.05) is 19.2 Å². The summed E-state index contributed by atoms with van der Waals surface area (Å²) >= 11 is 0. The summed E-state index contributed by atoms with van der Waals surface area (Å²) in [4.78, 5) is 8.70. The summed E-state index contributed by atoms with van der Waals surface area (Å²) in [6, 6.07) is 5.15.